The van der Waals surface area contributed by atoms with E-state index in [1.54, 1.807) is 0 Å². The van der Waals surface area contributed by atoms with Crippen molar-refractivity contribution < 1.29 is 0 Å². The Morgan fingerprint density at radius 2 is 1.56 bits per heavy atom. The molecule has 0 saturated carbocycles. The van der Waals surface area contributed by atoms with Crippen molar-refractivity contribution >= 4 is 34.1 Å². The van der Waals surface area contributed by atoms with Gasteiger partial charge in [0.1, 0.15) is 0 Å². The van der Waals surface area contributed by atoms with Crippen LogP contribution in [0.3, 0.4) is 0 Å². The van der Waals surface area contributed by atoms with Crippen LogP contribution in [0.2, 0.25) is 10.0 Å². The summed E-state index contributed by atoms with van der Waals surface area (Å²) in [5, 5.41) is 6.54. The number of rotatable bonds is 2. The lowest BCUT2D eigenvalue weighted by molar-refractivity contribution is 0.525. The summed E-state index contributed by atoms with van der Waals surface area (Å²) >= 11 is 12.7. The minimum atomic E-state index is 0.100. The Balaban J connectivity index is 1.72. The molecule has 0 radical (unpaired) electrons. The molecule has 0 saturated heterocycles. The fourth-order valence-electron chi connectivity index (χ4n) is 4.19. The molecule has 4 aromatic rings. The second-order valence-corrected chi connectivity index (χ2v) is 7.81. The first-order valence-corrected chi connectivity index (χ1v) is 9.82. The van der Waals surface area contributed by atoms with Crippen LogP contribution in [0.15, 0.2) is 72.8 Å². The molecule has 0 bridgehead atoms. The number of benzene rings is 3. The van der Waals surface area contributed by atoms with Crippen molar-refractivity contribution in [2.45, 2.75) is 12.0 Å². The van der Waals surface area contributed by atoms with Gasteiger partial charge >= 0.3 is 0 Å². The van der Waals surface area contributed by atoms with E-state index in [1.165, 1.54) is 22.2 Å². The minimum Gasteiger partial charge on any atom is -0.357 e. The van der Waals surface area contributed by atoms with Crippen LogP contribution in [0.5, 0.6) is 0 Å². The molecule has 0 amide bonds. The average Bonchev–Trinajstić information content (AvgIpc) is 3.08. The number of nitrogens with one attached hydrogen (secondary N) is 2. The SMILES string of the molecule is Clc1ccc([C@H]2NC[C@H](c3ccccc3Cl)c3c2[nH]c2ccccc32)cc1. The van der Waals surface area contributed by atoms with Crippen LogP contribution in [-0.2, 0) is 0 Å². The fourth-order valence-corrected chi connectivity index (χ4v) is 4.58. The van der Waals surface area contributed by atoms with Crippen LogP contribution in [-0.4, -0.2) is 11.5 Å². The fraction of sp³-hybridized carbons (Fsp3) is 0.130. The zero-order chi connectivity index (χ0) is 18.4. The second kappa shape index (κ2) is 6.72. The average molecular weight is 393 g/mol. The van der Waals surface area contributed by atoms with Gasteiger partial charge in [-0.25, -0.2) is 0 Å². The van der Waals surface area contributed by atoms with Crippen molar-refractivity contribution in [1.29, 1.82) is 0 Å². The van der Waals surface area contributed by atoms with E-state index in [9.17, 15) is 0 Å². The summed E-state index contributed by atoms with van der Waals surface area (Å²) in [7, 11) is 0. The summed E-state index contributed by atoms with van der Waals surface area (Å²) in [5.41, 5.74) is 6.05. The highest BCUT2D eigenvalue weighted by Crippen LogP contribution is 2.43. The van der Waals surface area contributed by atoms with Crippen LogP contribution in [0, 0.1) is 0 Å². The Morgan fingerprint density at radius 1 is 0.815 bits per heavy atom. The lowest BCUT2D eigenvalue weighted by Gasteiger charge is -2.31. The molecule has 3 aromatic carbocycles. The number of aromatic amines is 1. The predicted octanol–water partition coefficient (Wildman–Crippen LogP) is 6.30. The molecule has 0 unspecified atom stereocenters. The zero-order valence-corrected chi connectivity index (χ0v) is 16.1. The molecule has 0 fully saturated rings. The van der Waals surface area contributed by atoms with Gasteiger partial charge in [0.05, 0.1) is 6.04 Å². The van der Waals surface area contributed by atoms with Gasteiger partial charge in [0.15, 0.2) is 0 Å². The van der Waals surface area contributed by atoms with Crippen molar-refractivity contribution in [2.75, 3.05) is 6.54 Å². The third-order valence-corrected chi connectivity index (χ3v) is 6.02. The Labute approximate surface area is 168 Å². The van der Waals surface area contributed by atoms with Crippen LogP contribution in [0.4, 0.5) is 0 Å². The molecule has 2 nitrogen and oxygen atoms in total. The van der Waals surface area contributed by atoms with Gasteiger partial charge in [-0.05, 0) is 41.0 Å². The first-order chi connectivity index (χ1) is 13.2. The topological polar surface area (TPSA) is 27.8 Å². The Kier molecular flexibility index (Phi) is 4.20. The van der Waals surface area contributed by atoms with E-state index in [4.69, 9.17) is 23.2 Å². The molecule has 2 atom stereocenters. The van der Waals surface area contributed by atoms with Gasteiger partial charge in [0.2, 0.25) is 0 Å². The number of aromatic nitrogens is 1. The van der Waals surface area contributed by atoms with Crippen LogP contribution < -0.4 is 5.32 Å². The molecule has 5 rings (SSSR count). The largest absolute Gasteiger partial charge is 0.357 e. The van der Waals surface area contributed by atoms with Crippen molar-refractivity contribution in [3.05, 3.63) is 105 Å². The third kappa shape index (κ3) is 2.85. The highest BCUT2D eigenvalue weighted by atomic mass is 35.5. The van der Waals surface area contributed by atoms with Crippen LogP contribution in [0.1, 0.15) is 34.3 Å². The molecule has 1 aliphatic heterocycles. The van der Waals surface area contributed by atoms with Crippen LogP contribution in [0.25, 0.3) is 10.9 Å². The van der Waals surface area contributed by atoms with Gasteiger partial charge in [-0.15, -0.1) is 0 Å². The number of fused-ring (bicyclic) bond motifs is 3. The second-order valence-electron chi connectivity index (χ2n) is 6.96. The van der Waals surface area contributed by atoms with E-state index < -0.39 is 0 Å². The predicted molar refractivity (Wildman–Crippen MR) is 113 cm³/mol. The number of hydrogen-bond donors (Lipinski definition) is 2. The smallest absolute Gasteiger partial charge is 0.0732 e. The van der Waals surface area contributed by atoms with E-state index in [1.807, 2.05) is 24.3 Å². The van der Waals surface area contributed by atoms with E-state index in [0.717, 1.165) is 27.7 Å². The number of H-pyrrole nitrogens is 1. The number of hydrogen-bond acceptors (Lipinski definition) is 1. The van der Waals surface area contributed by atoms with Crippen molar-refractivity contribution in [1.82, 2.24) is 10.3 Å². The first kappa shape index (κ1) is 16.9. The lowest BCUT2D eigenvalue weighted by Crippen LogP contribution is -2.34. The molecule has 1 aliphatic rings. The van der Waals surface area contributed by atoms with E-state index >= 15 is 0 Å². The maximum atomic E-state index is 6.56. The zero-order valence-electron chi connectivity index (χ0n) is 14.5. The van der Waals surface area contributed by atoms with Gasteiger partial charge in [-0.3, -0.25) is 0 Å². The molecule has 134 valence electrons. The molecule has 1 aromatic heterocycles. The van der Waals surface area contributed by atoms with E-state index in [0.29, 0.717) is 0 Å². The Hall–Kier alpha value is -2.26. The van der Waals surface area contributed by atoms with Crippen molar-refractivity contribution in [3.8, 4) is 0 Å². The summed E-state index contributed by atoms with van der Waals surface area (Å²) in [6, 6.07) is 24.8. The van der Waals surface area contributed by atoms with Gasteiger partial charge in [0, 0.05) is 39.1 Å². The summed E-state index contributed by atoms with van der Waals surface area (Å²) in [6.07, 6.45) is 0. The molecule has 2 N–H and O–H groups in total. The number of para-hydroxylation sites is 1. The Morgan fingerprint density at radius 3 is 2.37 bits per heavy atom. The quantitative estimate of drug-likeness (QED) is 0.411. The highest BCUT2D eigenvalue weighted by molar-refractivity contribution is 6.31. The summed E-state index contributed by atoms with van der Waals surface area (Å²) in [5.74, 6) is 0.202. The summed E-state index contributed by atoms with van der Waals surface area (Å²) < 4.78 is 0. The highest BCUT2D eigenvalue weighted by Gasteiger charge is 2.33. The normalized spacial score (nSPS) is 19.2. The van der Waals surface area contributed by atoms with E-state index in [2.05, 4.69) is 58.8 Å². The molecule has 0 spiro atoms. The maximum Gasteiger partial charge on any atom is 0.0732 e. The third-order valence-electron chi connectivity index (χ3n) is 5.42. The molecule has 4 heteroatoms. The molecular weight excluding hydrogens is 375 g/mol. The Bertz CT molecular complexity index is 1110. The van der Waals surface area contributed by atoms with Gasteiger partial charge in [-0.2, -0.15) is 0 Å². The van der Waals surface area contributed by atoms with Gasteiger partial charge < -0.3 is 10.3 Å². The molecule has 2 heterocycles. The van der Waals surface area contributed by atoms with Gasteiger partial charge in [-0.1, -0.05) is 71.7 Å². The maximum absolute atomic E-state index is 6.56. The minimum absolute atomic E-state index is 0.100. The van der Waals surface area contributed by atoms with Crippen LogP contribution >= 0.6 is 23.2 Å². The molecule has 0 aliphatic carbocycles. The van der Waals surface area contributed by atoms with Crippen molar-refractivity contribution in [3.63, 3.8) is 0 Å². The lowest BCUT2D eigenvalue weighted by atomic mass is 9.83. The standard InChI is InChI=1S/C23H18Cl2N2/c24-15-11-9-14(10-12-15)22-23-21(17-6-2-4-8-20(17)27-23)18(13-26-22)16-5-1-3-7-19(16)25/h1-12,18,22,26-27H,13H2/t18-,22-/m1/s1. The first-order valence-electron chi connectivity index (χ1n) is 9.06. The monoisotopic (exact) mass is 392 g/mol. The van der Waals surface area contributed by atoms with E-state index in [-0.39, 0.29) is 12.0 Å². The molecule has 27 heavy (non-hydrogen) atoms. The van der Waals surface area contributed by atoms with Gasteiger partial charge in [0.25, 0.3) is 0 Å². The summed E-state index contributed by atoms with van der Waals surface area (Å²) in [4.78, 5) is 3.66. The molecular formula is C23H18Cl2N2. The number of halogens is 2. The van der Waals surface area contributed by atoms with Crippen molar-refractivity contribution in [2.24, 2.45) is 0 Å². The summed E-state index contributed by atoms with van der Waals surface area (Å²) in [6.45, 7) is 0.825.